The summed E-state index contributed by atoms with van der Waals surface area (Å²) in [6, 6.07) is 3.10. The van der Waals surface area contributed by atoms with Crippen molar-refractivity contribution in [1.29, 1.82) is 0 Å². The second kappa shape index (κ2) is 3.71. The van der Waals surface area contributed by atoms with E-state index in [9.17, 15) is 4.79 Å². The number of carbonyl (C=O) groups is 1. The van der Waals surface area contributed by atoms with Crippen LogP contribution in [0.15, 0.2) is 24.5 Å². The number of nitrogens with zero attached hydrogens (tertiary/aromatic N) is 2. The number of pyridine rings is 1. The molecule has 2 N–H and O–H groups in total. The standard InChI is InChI=1S/C8H11N3O/c1-2-11(8(9)12)7-4-3-5-10-6-7/h3-6H,2H2,1H3,(H2,9,12). The van der Waals surface area contributed by atoms with Crippen LogP contribution in [0.2, 0.25) is 0 Å². The van der Waals surface area contributed by atoms with Crippen molar-refractivity contribution in [2.75, 3.05) is 11.4 Å². The zero-order valence-electron chi connectivity index (χ0n) is 6.90. The van der Waals surface area contributed by atoms with Gasteiger partial charge in [0.25, 0.3) is 0 Å². The average Bonchev–Trinajstić information content (AvgIpc) is 2.07. The molecule has 1 heterocycles. The Morgan fingerprint density at radius 2 is 2.50 bits per heavy atom. The normalized spacial score (nSPS) is 9.42. The van der Waals surface area contributed by atoms with Gasteiger partial charge in [-0.3, -0.25) is 9.88 Å². The van der Waals surface area contributed by atoms with Gasteiger partial charge >= 0.3 is 6.03 Å². The third-order valence-corrected chi connectivity index (χ3v) is 1.54. The summed E-state index contributed by atoms with van der Waals surface area (Å²) in [5.41, 5.74) is 5.87. The number of rotatable bonds is 2. The van der Waals surface area contributed by atoms with Crippen LogP contribution in [0.4, 0.5) is 10.5 Å². The highest BCUT2D eigenvalue weighted by Crippen LogP contribution is 2.09. The summed E-state index contributed by atoms with van der Waals surface area (Å²) in [5.74, 6) is 0. The van der Waals surface area contributed by atoms with E-state index in [1.165, 1.54) is 4.90 Å². The van der Waals surface area contributed by atoms with Crippen LogP contribution in [0.1, 0.15) is 6.92 Å². The number of urea groups is 1. The van der Waals surface area contributed by atoms with Gasteiger partial charge in [-0.15, -0.1) is 0 Å². The Balaban J connectivity index is 2.88. The number of carbonyl (C=O) groups excluding carboxylic acids is 1. The Bertz CT molecular complexity index is 260. The second-order valence-electron chi connectivity index (χ2n) is 2.29. The minimum absolute atomic E-state index is 0.453. The summed E-state index contributed by atoms with van der Waals surface area (Å²) in [5, 5.41) is 0. The number of primary amides is 1. The van der Waals surface area contributed by atoms with Crippen molar-refractivity contribution in [3.63, 3.8) is 0 Å². The summed E-state index contributed by atoms with van der Waals surface area (Å²) in [7, 11) is 0. The van der Waals surface area contributed by atoms with Gasteiger partial charge in [0.15, 0.2) is 0 Å². The quantitative estimate of drug-likeness (QED) is 0.710. The minimum Gasteiger partial charge on any atom is -0.351 e. The predicted octanol–water partition coefficient (Wildman–Crippen LogP) is 0.987. The molecule has 0 spiro atoms. The predicted molar refractivity (Wildman–Crippen MR) is 46.8 cm³/mol. The molecule has 4 nitrogen and oxygen atoms in total. The summed E-state index contributed by atoms with van der Waals surface area (Å²) < 4.78 is 0. The largest absolute Gasteiger partial charge is 0.351 e. The Morgan fingerprint density at radius 3 is 2.92 bits per heavy atom. The van der Waals surface area contributed by atoms with Crippen molar-refractivity contribution in [3.8, 4) is 0 Å². The zero-order valence-corrected chi connectivity index (χ0v) is 6.90. The van der Waals surface area contributed by atoms with Gasteiger partial charge in [-0.1, -0.05) is 0 Å². The average molecular weight is 165 g/mol. The fourth-order valence-corrected chi connectivity index (χ4v) is 0.979. The lowest BCUT2D eigenvalue weighted by Gasteiger charge is -2.16. The van der Waals surface area contributed by atoms with Crippen LogP contribution < -0.4 is 10.6 Å². The molecule has 1 rings (SSSR count). The lowest BCUT2D eigenvalue weighted by atomic mass is 10.4. The van der Waals surface area contributed by atoms with Gasteiger partial charge in [-0.25, -0.2) is 4.79 Å². The van der Waals surface area contributed by atoms with E-state index in [4.69, 9.17) is 5.73 Å². The van der Waals surface area contributed by atoms with E-state index in [1.807, 2.05) is 6.92 Å². The molecular weight excluding hydrogens is 154 g/mol. The molecule has 0 aliphatic heterocycles. The second-order valence-corrected chi connectivity index (χ2v) is 2.29. The molecule has 0 aliphatic carbocycles. The molecule has 0 radical (unpaired) electrons. The van der Waals surface area contributed by atoms with E-state index < -0.39 is 6.03 Å². The van der Waals surface area contributed by atoms with Crippen molar-refractivity contribution in [3.05, 3.63) is 24.5 Å². The molecule has 0 unspecified atom stereocenters. The Hall–Kier alpha value is -1.58. The highest BCUT2D eigenvalue weighted by molar-refractivity contribution is 5.90. The number of hydrogen-bond donors (Lipinski definition) is 1. The van der Waals surface area contributed by atoms with Crippen LogP contribution in [0.3, 0.4) is 0 Å². The van der Waals surface area contributed by atoms with E-state index in [0.29, 0.717) is 6.54 Å². The summed E-state index contributed by atoms with van der Waals surface area (Å²) in [4.78, 5) is 16.2. The first-order valence-electron chi connectivity index (χ1n) is 3.72. The number of nitrogens with two attached hydrogens (primary N) is 1. The first kappa shape index (κ1) is 8.52. The van der Waals surface area contributed by atoms with E-state index in [2.05, 4.69) is 4.98 Å². The maximum absolute atomic E-state index is 10.9. The molecule has 2 amide bonds. The van der Waals surface area contributed by atoms with Crippen molar-refractivity contribution >= 4 is 11.7 Å². The summed E-state index contributed by atoms with van der Waals surface area (Å²) >= 11 is 0. The molecule has 0 atom stereocenters. The maximum Gasteiger partial charge on any atom is 0.319 e. The van der Waals surface area contributed by atoms with Crippen LogP contribution >= 0.6 is 0 Å². The molecule has 12 heavy (non-hydrogen) atoms. The first-order chi connectivity index (χ1) is 5.75. The summed E-state index contributed by atoms with van der Waals surface area (Å²) in [6.07, 6.45) is 3.26. The molecule has 1 aromatic rings. The van der Waals surface area contributed by atoms with Crippen LogP contribution in [0, 0.1) is 0 Å². The fraction of sp³-hybridized carbons (Fsp3) is 0.250. The lowest BCUT2D eigenvalue weighted by molar-refractivity contribution is 0.254. The Morgan fingerprint density at radius 1 is 1.75 bits per heavy atom. The summed E-state index contributed by atoms with van der Waals surface area (Å²) in [6.45, 7) is 2.42. The van der Waals surface area contributed by atoms with Crippen LogP contribution in [-0.4, -0.2) is 17.6 Å². The molecule has 0 fully saturated rings. The smallest absolute Gasteiger partial charge is 0.319 e. The molecule has 0 aliphatic rings. The van der Waals surface area contributed by atoms with E-state index in [0.717, 1.165) is 5.69 Å². The third-order valence-electron chi connectivity index (χ3n) is 1.54. The number of hydrogen-bond acceptors (Lipinski definition) is 2. The lowest BCUT2D eigenvalue weighted by Crippen LogP contribution is -2.35. The molecule has 0 saturated carbocycles. The SMILES string of the molecule is CCN(C(N)=O)c1cccnc1. The highest BCUT2D eigenvalue weighted by atomic mass is 16.2. The van der Waals surface area contributed by atoms with Gasteiger partial charge in [0.2, 0.25) is 0 Å². The molecular formula is C8H11N3O. The van der Waals surface area contributed by atoms with Gasteiger partial charge in [0.1, 0.15) is 0 Å². The Labute approximate surface area is 71.0 Å². The van der Waals surface area contributed by atoms with Gasteiger partial charge in [-0.05, 0) is 19.1 Å². The number of aromatic nitrogens is 1. The number of amides is 2. The minimum atomic E-state index is -0.453. The number of anilines is 1. The Kier molecular flexibility index (Phi) is 2.63. The van der Waals surface area contributed by atoms with E-state index >= 15 is 0 Å². The third kappa shape index (κ3) is 1.72. The van der Waals surface area contributed by atoms with E-state index in [1.54, 1.807) is 24.5 Å². The van der Waals surface area contributed by atoms with Crippen molar-refractivity contribution in [2.24, 2.45) is 5.73 Å². The topological polar surface area (TPSA) is 59.2 Å². The van der Waals surface area contributed by atoms with Crippen LogP contribution in [-0.2, 0) is 0 Å². The van der Waals surface area contributed by atoms with Crippen molar-refractivity contribution < 1.29 is 4.79 Å². The van der Waals surface area contributed by atoms with Crippen molar-refractivity contribution in [2.45, 2.75) is 6.92 Å². The van der Waals surface area contributed by atoms with E-state index in [-0.39, 0.29) is 0 Å². The molecule has 64 valence electrons. The molecule has 0 aromatic carbocycles. The zero-order chi connectivity index (χ0) is 8.97. The van der Waals surface area contributed by atoms with Crippen LogP contribution in [0.25, 0.3) is 0 Å². The highest BCUT2D eigenvalue weighted by Gasteiger charge is 2.08. The van der Waals surface area contributed by atoms with Gasteiger partial charge in [-0.2, -0.15) is 0 Å². The maximum atomic E-state index is 10.9. The van der Waals surface area contributed by atoms with Gasteiger partial charge in [0, 0.05) is 12.7 Å². The monoisotopic (exact) mass is 165 g/mol. The molecule has 0 bridgehead atoms. The van der Waals surface area contributed by atoms with Gasteiger partial charge < -0.3 is 5.73 Å². The molecule has 0 saturated heterocycles. The fourth-order valence-electron chi connectivity index (χ4n) is 0.979. The van der Waals surface area contributed by atoms with Gasteiger partial charge in [0.05, 0.1) is 11.9 Å². The molecule has 1 aromatic heterocycles. The molecule has 4 heteroatoms. The first-order valence-corrected chi connectivity index (χ1v) is 3.72. The van der Waals surface area contributed by atoms with Crippen molar-refractivity contribution in [1.82, 2.24) is 4.98 Å². The van der Waals surface area contributed by atoms with Crippen LogP contribution in [0.5, 0.6) is 0 Å².